The van der Waals surface area contributed by atoms with Gasteiger partial charge in [0.05, 0.1) is 6.20 Å². The molecule has 0 saturated carbocycles. The van der Waals surface area contributed by atoms with Gasteiger partial charge in [-0.15, -0.1) is 0 Å². The third kappa shape index (κ3) is 4.12. The van der Waals surface area contributed by atoms with Crippen LogP contribution in [-0.4, -0.2) is 24.2 Å². The summed E-state index contributed by atoms with van der Waals surface area (Å²) >= 11 is 0. The smallest absolute Gasteiger partial charge is 0.138 e. The summed E-state index contributed by atoms with van der Waals surface area (Å²) in [6.45, 7) is 2.09. The molecule has 2 atom stereocenters. The fourth-order valence-corrected chi connectivity index (χ4v) is 3.59. The Kier molecular flexibility index (Phi) is 5.27. The lowest BCUT2D eigenvalue weighted by Gasteiger charge is -2.24. The third-order valence-electron chi connectivity index (χ3n) is 5.01. The van der Waals surface area contributed by atoms with Crippen molar-refractivity contribution in [1.29, 1.82) is 0 Å². The van der Waals surface area contributed by atoms with Crippen LogP contribution < -0.4 is 10.1 Å². The van der Waals surface area contributed by atoms with Gasteiger partial charge in [0.25, 0.3) is 0 Å². The fraction of sp³-hybridized carbons (Fsp3) is 0.261. The molecule has 3 heteroatoms. The summed E-state index contributed by atoms with van der Waals surface area (Å²) in [5, 5.41) is 3.47. The molecule has 1 fully saturated rings. The van der Waals surface area contributed by atoms with Crippen LogP contribution in [0.3, 0.4) is 0 Å². The standard InChI is InChI=1S/C23H24N2O/c1-3-7-18(8-4-1)13-23(20-11-12-24-15-20)26-22-14-21(16-25-17-22)19-9-5-2-6-10-19/h1-10,14,16-17,20,23-24H,11-13,15H2. The molecule has 3 nitrogen and oxygen atoms in total. The summed E-state index contributed by atoms with van der Waals surface area (Å²) in [6, 6.07) is 23.0. The van der Waals surface area contributed by atoms with Crippen molar-refractivity contribution in [2.45, 2.75) is 18.9 Å². The van der Waals surface area contributed by atoms with E-state index >= 15 is 0 Å². The van der Waals surface area contributed by atoms with Crippen LogP contribution >= 0.6 is 0 Å². The summed E-state index contributed by atoms with van der Waals surface area (Å²) in [4.78, 5) is 4.41. The Labute approximate surface area is 155 Å². The predicted molar refractivity (Wildman–Crippen MR) is 105 cm³/mol. The number of hydrogen-bond donors (Lipinski definition) is 1. The van der Waals surface area contributed by atoms with Gasteiger partial charge in [-0.1, -0.05) is 60.7 Å². The number of rotatable bonds is 6. The first-order chi connectivity index (χ1) is 12.9. The maximum atomic E-state index is 6.46. The van der Waals surface area contributed by atoms with Gasteiger partial charge in [-0.25, -0.2) is 0 Å². The van der Waals surface area contributed by atoms with E-state index in [4.69, 9.17) is 4.74 Å². The Morgan fingerprint density at radius 2 is 1.73 bits per heavy atom. The first-order valence-corrected chi connectivity index (χ1v) is 9.30. The van der Waals surface area contributed by atoms with Crippen molar-refractivity contribution in [3.63, 3.8) is 0 Å². The Bertz CT molecular complexity index is 814. The van der Waals surface area contributed by atoms with Crippen LogP contribution in [0.5, 0.6) is 5.75 Å². The van der Waals surface area contributed by atoms with Crippen LogP contribution in [0.4, 0.5) is 0 Å². The van der Waals surface area contributed by atoms with Crippen molar-refractivity contribution < 1.29 is 4.74 Å². The molecule has 0 aliphatic carbocycles. The SMILES string of the molecule is c1ccc(CC(Oc2cncc(-c3ccccc3)c2)C2CCNC2)cc1. The molecule has 26 heavy (non-hydrogen) atoms. The Hall–Kier alpha value is -2.65. The number of pyridine rings is 1. The highest BCUT2D eigenvalue weighted by Crippen LogP contribution is 2.26. The summed E-state index contributed by atoms with van der Waals surface area (Å²) in [5.74, 6) is 1.37. The summed E-state index contributed by atoms with van der Waals surface area (Å²) in [6.07, 6.45) is 5.95. The lowest BCUT2D eigenvalue weighted by atomic mass is 9.95. The number of hydrogen-bond acceptors (Lipinski definition) is 3. The maximum absolute atomic E-state index is 6.46. The Morgan fingerprint density at radius 1 is 0.962 bits per heavy atom. The summed E-state index contributed by atoms with van der Waals surface area (Å²) < 4.78 is 6.46. The molecule has 4 rings (SSSR count). The molecule has 0 spiro atoms. The minimum absolute atomic E-state index is 0.153. The third-order valence-corrected chi connectivity index (χ3v) is 5.01. The summed E-state index contributed by atoms with van der Waals surface area (Å²) in [7, 11) is 0. The molecule has 0 radical (unpaired) electrons. The van der Waals surface area contributed by atoms with E-state index in [1.165, 1.54) is 5.56 Å². The summed E-state index contributed by atoms with van der Waals surface area (Å²) in [5.41, 5.74) is 3.57. The second kappa shape index (κ2) is 8.15. The highest BCUT2D eigenvalue weighted by atomic mass is 16.5. The number of nitrogens with zero attached hydrogens (tertiary/aromatic N) is 1. The normalized spacial score (nSPS) is 17.8. The van der Waals surface area contributed by atoms with Gasteiger partial charge in [0.1, 0.15) is 11.9 Å². The largest absolute Gasteiger partial charge is 0.488 e. The van der Waals surface area contributed by atoms with Gasteiger partial charge in [0.15, 0.2) is 0 Å². The topological polar surface area (TPSA) is 34.1 Å². The second-order valence-electron chi connectivity index (χ2n) is 6.87. The molecule has 1 N–H and O–H groups in total. The average molecular weight is 344 g/mol. The molecule has 3 aromatic rings. The van der Waals surface area contributed by atoms with E-state index in [-0.39, 0.29) is 6.10 Å². The molecular weight excluding hydrogens is 320 g/mol. The van der Waals surface area contributed by atoms with Crippen molar-refractivity contribution in [2.75, 3.05) is 13.1 Å². The molecule has 0 bridgehead atoms. The molecular formula is C23H24N2O. The maximum Gasteiger partial charge on any atom is 0.138 e. The lowest BCUT2D eigenvalue weighted by Crippen LogP contribution is -2.31. The zero-order chi connectivity index (χ0) is 17.6. The molecule has 1 aliphatic rings. The van der Waals surface area contributed by atoms with Crippen LogP contribution in [0.2, 0.25) is 0 Å². The van der Waals surface area contributed by atoms with E-state index in [2.05, 4.69) is 58.8 Å². The van der Waals surface area contributed by atoms with Crippen molar-refractivity contribution in [2.24, 2.45) is 5.92 Å². The van der Waals surface area contributed by atoms with Crippen molar-refractivity contribution in [3.8, 4) is 16.9 Å². The molecule has 2 unspecified atom stereocenters. The fourth-order valence-electron chi connectivity index (χ4n) is 3.59. The first kappa shape index (κ1) is 16.8. The zero-order valence-electron chi connectivity index (χ0n) is 14.8. The first-order valence-electron chi connectivity index (χ1n) is 9.30. The van der Waals surface area contributed by atoms with Crippen LogP contribution in [0, 0.1) is 5.92 Å². The van der Waals surface area contributed by atoms with Gasteiger partial charge in [0.2, 0.25) is 0 Å². The van der Waals surface area contributed by atoms with Gasteiger partial charge >= 0.3 is 0 Å². The quantitative estimate of drug-likeness (QED) is 0.722. The van der Waals surface area contributed by atoms with E-state index in [1.807, 2.05) is 30.6 Å². The average Bonchev–Trinajstić information content (AvgIpc) is 3.24. The molecule has 1 aromatic heterocycles. The molecule has 2 heterocycles. The van der Waals surface area contributed by atoms with Crippen LogP contribution in [0.15, 0.2) is 79.1 Å². The van der Waals surface area contributed by atoms with Gasteiger partial charge < -0.3 is 10.1 Å². The van der Waals surface area contributed by atoms with Gasteiger partial charge in [-0.2, -0.15) is 0 Å². The van der Waals surface area contributed by atoms with Crippen LogP contribution in [0.1, 0.15) is 12.0 Å². The monoisotopic (exact) mass is 344 g/mol. The highest BCUT2D eigenvalue weighted by molar-refractivity contribution is 5.63. The molecule has 132 valence electrons. The number of ether oxygens (including phenoxy) is 1. The van der Waals surface area contributed by atoms with Crippen molar-refractivity contribution in [1.82, 2.24) is 10.3 Å². The Morgan fingerprint density at radius 3 is 2.46 bits per heavy atom. The number of nitrogens with one attached hydrogen (secondary N) is 1. The Balaban J connectivity index is 1.55. The van der Waals surface area contributed by atoms with E-state index in [0.29, 0.717) is 5.92 Å². The van der Waals surface area contributed by atoms with Crippen molar-refractivity contribution >= 4 is 0 Å². The second-order valence-corrected chi connectivity index (χ2v) is 6.87. The van der Waals surface area contributed by atoms with Crippen LogP contribution in [0.25, 0.3) is 11.1 Å². The van der Waals surface area contributed by atoms with Crippen molar-refractivity contribution in [3.05, 3.63) is 84.7 Å². The predicted octanol–water partition coefficient (Wildman–Crippen LogP) is 4.35. The minimum Gasteiger partial charge on any atom is -0.488 e. The van der Waals surface area contributed by atoms with Gasteiger partial charge in [-0.3, -0.25) is 4.98 Å². The molecule has 1 saturated heterocycles. The molecule has 2 aromatic carbocycles. The van der Waals surface area contributed by atoms with E-state index in [0.717, 1.165) is 42.8 Å². The zero-order valence-corrected chi connectivity index (χ0v) is 14.8. The lowest BCUT2D eigenvalue weighted by molar-refractivity contribution is 0.142. The van der Waals surface area contributed by atoms with E-state index in [1.54, 1.807) is 0 Å². The molecule has 0 amide bonds. The number of benzene rings is 2. The highest BCUT2D eigenvalue weighted by Gasteiger charge is 2.27. The minimum atomic E-state index is 0.153. The van der Waals surface area contributed by atoms with Gasteiger partial charge in [-0.05, 0) is 30.2 Å². The number of aromatic nitrogens is 1. The van der Waals surface area contributed by atoms with Gasteiger partial charge in [0, 0.05) is 30.6 Å². The molecule has 1 aliphatic heterocycles. The van der Waals surface area contributed by atoms with Crippen LogP contribution in [-0.2, 0) is 6.42 Å². The van der Waals surface area contributed by atoms with E-state index in [9.17, 15) is 0 Å². The van der Waals surface area contributed by atoms with E-state index < -0.39 is 0 Å².